The first kappa shape index (κ1) is 27.2. The highest BCUT2D eigenvalue weighted by Gasteiger charge is 2.63. The average molecular weight is 522 g/mol. The fraction of sp³-hybridized carbons (Fsp3) is 0.652. The Morgan fingerprint density at radius 1 is 1.06 bits per heavy atom. The Labute approximate surface area is 213 Å². The lowest BCUT2D eigenvalue weighted by molar-refractivity contribution is -0.200. The Balaban J connectivity index is 1.59. The van der Waals surface area contributed by atoms with Gasteiger partial charge in [0, 0.05) is 6.42 Å². The summed E-state index contributed by atoms with van der Waals surface area (Å²) in [5.74, 6) is -1.20. The van der Waals surface area contributed by atoms with E-state index in [1.807, 2.05) is 29.6 Å². The standard InChI is InChI=1S/C23H31B3F2O7S/c24-8-13-2-16(9-25)18(10-26)17(3-13)19(29)35-22-6-14-1-15(7-22)5-21(4-14,11-22)20(30)34-12-23(27,28)36(31,32)33/h2-3,14-15H,1,4-12,24-26H2,(H,31,32,33). The lowest BCUT2D eigenvalue weighted by atomic mass is 9.48. The Morgan fingerprint density at radius 2 is 1.69 bits per heavy atom. The predicted molar refractivity (Wildman–Crippen MR) is 136 cm³/mol. The minimum Gasteiger partial charge on any atom is -0.458 e. The summed E-state index contributed by atoms with van der Waals surface area (Å²) < 4.78 is 69.0. The third kappa shape index (κ3) is 4.85. The van der Waals surface area contributed by atoms with E-state index in [0.717, 1.165) is 35.8 Å². The van der Waals surface area contributed by atoms with E-state index in [1.54, 1.807) is 0 Å². The van der Waals surface area contributed by atoms with Crippen molar-refractivity contribution < 1.29 is 40.8 Å². The van der Waals surface area contributed by atoms with Crippen LogP contribution in [0, 0.1) is 17.3 Å². The molecule has 4 aliphatic carbocycles. The van der Waals surface area contributed by atoms with E-state index in [-0.39, 0.29) is 18.3 Å². The van der Waals surface area contributed by atoms with Gasteiger partial charge in [-0.1, -0.05) is 36.2 Å². The molecule has 1 aromatic rings. The molecule has 13 heteroatoms. The molecule has 2 atom stereocenters. The van der Waals surface area contributed by atoms with Crippen LogP contribution in [0.2, 0.25) is 0 Å². The van der Waals surface area contributed by atoms with Crippen LogP contribution in [0.15, 0.2) is 12.1 Å². The summed E-state index contributed by atoms with van der Waals surface area (Å²) >= 11 is 0. The second-order valence-electron chi connectivity index (χ2n) is 10.8. The quantitative estimate of drug-likeness (QED) is 0.288. The maximum Gasteiger partial charge on any atom is 0.402 e. The zero-order valence-electron chi connectivity index (χ0n) is 20.9. The number of esters is 2. The number of rotatable bonds is 9. The largest absolute Gasteiger partial charge is 0.458 e. The molecule has 4 saturated carbocycles. The number of halogens is 2. The molecule has 5 rings (SSSR count). The van der Waals surface area contributed by atoms with Crippen molar-refractivity contribution in [1.29, 1.82) is 0 Å². The minimum atomic E-state index is -5.71. The van der Waals surface area contributed by atoms with Gasteiger partial charge in [-0.05, 0) is 55.6 Å². The normalized spacial score (nSPS) is 29.2. The molecule has 1 aromatic carbocycles. The zero-order valence-corrected chi connectivity index (χ0v) is 21.8. The van der Waals surface area contributed by atoms with Crippen LogP contribution in [0.5, 0.6) is 0 Å². The molecule has 0 aromatic heterocycles. The van der Waals surface area contributed by atoms with Crippen LogP contribution >= 0.6 is 0 Å². The highest BCUT2D eigenvalue weighted by molar-refractivity contribution is 7.86. The van der Waals surface area contributed by atoms with Crippen LogP contribution in [0.3, 0.4) is 0 Å². The van der Waals surface area contributed by atoms with Gasteiger partial charge in [-0.25, -0.2) is 4.79 Å². The molecule has 4 aliphatic rings. The van der Waals surface area contributed by atoms with Crippen LogP contribution in [-0.2, 0) is 43.3 Å². The Bertz CT molecular complexity index is 1160. The topological polar surface area (TPSA) is 107 Å². The number of hydrogen-bond acceptors (Lipinski definition) is 6. The van der Waals surface area contributed by atoms with Gasteiger partial charge in [-0.3, -0.25) is 9.35 Å². The molecular weight excluding hydrogens is 491 g/mol. The highest BCUT2D eigenvalue weighted by atomic mass is 32.2. The molecule has 7 nitrogen and oxygen atoms in total. The van der Waals surface area contributed by atoms with Crippen molar-refractivity contribution in [3.63, 3.8) is 0 Å². The van der Waals surface area contributed by atoms with Gasteiger partial charge in [-0.2, -0.15) is 17.2 Å². The van der Waals surface area contributed by atoms with Crippen molar-refractivity contribution in [2.45, 2.75) is 68.3 Å². The SMILES string of the molecule is BCc1cc(CB)c(CB)c(C(=O)OC23CC4CC(C2)CC(C(=O)OCC(F)(F)S(=O)(=O)O)(C4)C3)c1. The molecule has 4 bridgehead atoms. The molecule has 0 amide bonds. The van der Waals surface area contributed by atoms with Crippen LogP contribution in [-0.4, -0.2) is 65.9 Å². The first-order valence-electron chi connectivity index (χ1n) is 12.7. The van der Waals surface area contributed by atoms with E-state index in [9.17, 15) is 26.8 Å². The summed E-state index contributed by atoms with van der Waals surface area (Å²) in [5.41, 5.74) is 1.62. The zero-order chi connectivity index (χ0) is 26.5. The van der Waals surface area contributed by atoms with E-state index in [4.69, 9.17) is 14.0 Å². The fourth-order valence-corrected chi connectivity index (χ4v) is 7.29. The van der Waals surface area contributed by atoms with Crippen molar-refractivity contribution in [1.82, 2.24) is 0 Å². The first-order valence-corrected chi connectivity index (χ1v) is 14.1. The number of carbonyl (C=O) groups is 2. The second kappa shape index (κ2) is 9.46. The van der Waals surface area contributed by atoms with Gasteiger partial charge in [0.25, 0.3) is 0 Å². The molecular formula is C23H31B3F2O7S. The van der Waals surface area contributed by atoms with E-state index in [0.29, 0.717) is 37.6 Å². The smallest absolute Gasteiger partial charge is 0.402 e. The van der Waals surface area contributed by atoms with E-state index in [2.05, 4.69) is 6.07 Å². The van der Waals surface area contributed by atoms with Crippen molar-refractivity contribution in [3.8, 4) is 0 Å². The number of carbonyl (C=O) groups excluding carboxylic acids is 2. The van der Waals surface area contributed by atoms with Crippen molar-refractivity contribution in [2.75, 3.05) is 6.61 Å². The molecule has 0 spiro atoms. The molecule has 0 radical (unpaired) electrons. The van der Waals surface area contributed by atoms with E-state index in [1.165, 1.54) is 0 Å². The molecule has 0 heterocycles. The molecule has 0 aliphatic heterocycles. The maximum atomic E-state index is 13.7. The summed E-state index contributed by atoms with van der Waals surface area (Å²) in [6.07, 6.45) is 5.29. The van der Waals surface area contributed by atoms with E-state index < -0.39 is 44.9 Å². The summed E-state index contributed by atoms with van der Waals surface area (Å²) in [4.78, 5) is 26.6. The number of ether oxygens (including phenoxy) is 2. The molecule has 194 valence electrons. The molecule has 36 heavy (non-hydrogen) atoms. The second-order valence-corrected chi connectivity index (χ2v) is 12.4. The maximum absolute atomic E-state index is 13.7. The molecule has 0 saturated heterocycles. The Hall–Kier alpha value is -1.88. The predicted octanol–water partition coefficient (Wildman–Crippen LogP) is 0.605. The fourth-order valence-electron chi connectivity index (χ4n) is 7.08. The molecule has 2 unspecified atom stereocenters. The number of benzene rings is 1. The van der Waals surface area contributed by atoms with Gasteiger partial charge in [0.1, 0.15) is 29.1 Å². The van der Waals surface area contributed by atoms with Gasteiger partial charge in [0.2, 0.25) is 0 Å². The van der Waals surface area contributed by atoms with Crippen molar-refractivity contribution >= 4 is 45.6 Å². The molecule has 4 fully saturated rings. The van der Waals surface area contributed by atoms with E-state index >= 15 is 0 Å². The van der Waals surface area contributed by atoms with Crippen molar-refractivity contribution in [2.24, 2.45) is 17.3 Å². The van der Waals surface area contributed by atoms with Gasteiger partial charge >= 0.3 is 27.3 Å². The average Bonchev–Trinajstić information content (AvgIpc) is 2.79. The van der Waals surface area contributed by atoms with Crippen LogP contribution in [0.4, 0.5) is 8.78 Å². The Morgan fingerprint density at radius 3 is 2.22 bits per heavy atom. The minimum absolute atomic E-state index is 0.0764. The van der Waals surface area contributed by atoms with Crippen LogP contribution in [0.25, 0.3) is 0 Å². The van der Waals surface area contributed by atoms with Crippen molar-refractivity contribution in [3.05, 3.63) is 34.4 Å². The summed E-state index contributed by atoms with van der Waals surface area (Å²) in [5, 5.41) is -4.59. The number of alkyl halides is 2. The summed E-state index contributed by atoms with van der Waals surface area (Å²) in [6.45, 7) is -1.75. The third-order valence-corrected chi connectivity index (χ3v) is 9.14. The van der Waals surface area contributed by atoms with Gasteiger partial charge in [0.05, 0.1) is 11.0 Å². The van der Waals surface area contributed by atoms with Gasteiger partial charge in [-0.15, -0.1) is 0 Å². The summed E-state index contributed by atoms with van der Waals surface area (Å²) in [7, 11) is 0.352. The molecule has 1 N–H and O–H groups in total. The highest BCUT2D eigenvalue weighted by Crippen LogP contribution is 2.63. The number of hydrogen-bond donors (Lipinski definition) is 1. The van der Waals surface area contributed by atoms with Gasteiger partial charge in [0.15, 0.2) is 6.61 Å². The van der Waals surface area contributed by atoms with Crippen LogP contribution in [0.1, 0.15) is 65.6 Å². The lowest BCUT2D eigenvalue weighted by Gasteiger charge is -2.59. The monoisotopic (exact) mass is 522 g/mol. The van der Waals surface area contributed by atoms with Crippen LogP contribution < -0.4 is 0 Å². The van der Waals surface area contributed by atoms with Gasteiger partial charge < -0.3 is 9.47 Å². The Kier molecular flexibility index (Phi) is 7.14. The summed E-state index contributed by atoms with van der Waals surface area (Å²) in [6, 6.07) is 4.00. The third-order valence-electron chi connectivity index (χ3n) is 8.26. The lowest BCUT2D eigenvalue weighted by Crippen LogP contribution is -2.60. The first-order chi connectivity index (χ1) is 16.8.